The van der Waals surface area contributed by atoms with Crippen molar-refractivity contribution in [3.8, 4) is 0 Å². The van der Waals surface area contributed by atoms with Crippen LogP contribution in [-0.4, -0.2) is 4.98 Å². The third kappa shape index (κ3) is 3.62. The van der Waals surface area contributed by atoms with E-state index in [4.69, 9.17) is 0 Å². The van der Waals surface area contributed by atoms with E-state index in [0.29, 0.717) is 0 Å². The molecular weight excluding hydrogens is 314 g/mol. The van der Waals surface area contributed by atoms with Crippen molar-refractivity contribution in [3.63, 3.8) is 0 Å². The van der Waals surface area contributed by atoms with Crippen LogP contribution < -0.4 is 0 Å². The van der Waals surface area contributed by atoms with Crippen molar-refractivity contribution < 1.29 is 0 Å². The number of nitrogens with zero attached hydrogens (tertiary/aromatic N) is 1. The molecule has 0 unspecified atom stereocenters. The summed E-state index contributed by atoms with van der Waals surface area (Å²) < 4.78 is 0. The molecule has 124 valence electrons. The van der Waals surface area contributed by atoms with E-state index < -0.39 is 0 Å². The number of pyridine rings is 1. The minimum Gasteiger partial charge on any atom is -0.257 e. The second-order valence-corrected chi connectivity index (χ2v) is 6.12. The van der Waals surface area contributed by atoms with Gasteiger partial charge in [0, 0.05) is 6.20 Å². The fourth-order valence-electron chi connectivity index (χ4n) is 3.08. The lowest BCUT2D eigenvalue weighted by molar-refractivity contribution is 1.30. The van der Waals surface area contributed by atoms with Crippen molar-refractivity contribution in [1.82, 2.24) is 4.98 Å². The zero-order valence-corrected chi connectivity index (χ0v) is 14.4. The zero-order valence-electron chi connectivity index (χ0n) is 14.4. The van der Waals surface area contributed by atoms with Crippen molar-refractivity contribution in [3.05, 3.63) is 114 Å². The van der Waals surface area contributed by atoms with Gasteiger partial charge in [-0.05, 0) is 45.7 Å². The Kier molecular flexibility index (Phi) is 4.70. The normalized spacial score (nSPS) is 11.5. The molecule has 0 spiro atoms. The van der Waals surface area contributed by atoms with Crippen LogP contribution in [0.4, 0.5) is 0 Å². The number of fused-ring (bicyclic) bond motifs is 1. The van der Waals surface area contributed by atoms with Crippen LogP contribution in [0.5, 0.6) is 0 Å². The largest absolute Gasteiger partial charge is 0.257 e. The average molecular weight is 333 g/mol. The van der Waals surface area contributed by atoms with Gasteiger partial charge in [0.1, 0.15) is 0 Å². The molecule has 1 nitrogen and oxygen atoms in total. The fourth-order valence-corrected chi connectivity index (χ4v) is 3.08. The van der Waals surface area contributed by atoms with Gasteiger partial charge in [-0.3, -0.25) is 4.98 Å². The Morgan fingerprint density at radius 3 is 1.92 bits per heavy atom. The lowest BCUT2D eigenvalue weighted by Gasteiger charge is -2.07. The standard InChI is InChI=1S/C25H19N/c1-2-8-20(9-3-1)15-16-22-12-6-10-21-11-7-13-23(25(21)22)17-18-24-14-4-5-19-26-24/h1-19H. The van der Waals surface area contributed by atoms with Crippen LogP contribution in [0.2, 0.25) is 0 Å². The van der Waals surface area contributed by atoms with Crippen molar-refractivity contribution >= 4 is 35.1 Å². The zero-order chi connectivity index (χ0) is 17.6. The summed E-state index contributed by atoms with van der Waals surface area (Å²) in [6.07, 6.45) is 10.4. The molecule has 0 radical (unpaired) electrons. The van der Waals surface area contributed by atoms with Crippen LogP contribution in [0.15, 0.2) is 91.1 Å². The van der Waals surface area contributed by atoms with Gasteiger partial charge in [-0.2, -0.15) is 0 Å². The summed E-state index contributed by atoms with van der Waals surface area (Å²) in [6.45, 7) is 0. The summed E-state index contributed by atoms with van der Waals surface area (Å²) in [6, 6.07) is 29.2. The van der Waals surface area contributed by atoms with Gasteiger partial charge in [0.05, 0.1) is 5.69 Å². The summed E-state index contributed by atoms with van der Waals surface area (Å²) in [4.78, 5) is 4.37. The number of rotatable bonds is 4. The van der Waals surface area contributed by atoms with Gasteiger partial charge >= 0.3 is 0 Å². The predicted molar refractivity (Wildman–Crippen MR) is 112 cm³/mol. The monoisotopic (exact) mass is 333 g/mol. The van der Waals surface area contributed by atoms with Gasteiger partial charge in [-0.1, -0.05) is 91.0 Å². The molecule has 0 bridgehead atoms. The minimum atomic E-state index is 0.960. The van der Waals surface area contributed by atoms with Gasteiger partial charge in [-0.15, -0.1) is 0 Å². The Hall–Kier alpha value is -3.45. The molecule has 0 aliphatic carbocycles. The topological polar surface area (TPSA) is 12.9 Å². The van der Waals surface area contributed by atoms with E-state index in [0.717, 1.165) is 5.69 Å². The molecule has 0 saturated carbocycles. The number of hydrogen-bond donors (Lipinski definition) is 0. The molecule has 0 atom stereocenters. The van der Waals surface area contributed by atoms with Crippen LogP contribution in [-0.2, 0) is 0 Å². The van der Waals surface area contributed by atoms with Crippen LogP contribution >= 0.6 is 0 Å². The average Bonchev–Trinajstić information content (AvgIpc) is 2.72. The number of hydrogen-bond acceptors (Lipinski definition) is 1. The molecule has 0 fully saturated rings. The molecule has 1 heterocycles. The highest BCUT2D eigenvalue weighted by Gasteiger charge is 2.02. The molecule has 3 aromatic carbocycles. The molecule has 0 saturated heterocycles. The molecule has 4 rings (SSSR count). The Labute approximate surface area is 154 Å². The Morgan fingerprint density at radius 2 is 1.23 bits per heavy atom. The van der Waals surface area contributed by atoms with Crippen LogP contribution in [0.3, 0.4) is 0 Å². The van der Waals surface area contributed by atoms with Crippen LogP contribution in [0.1, 0.15) is 22.4 Å². The molecule has 26 heavy (non-hydrogen) atoms. The van der Waals surface area contributed by atoms with E-state index >= 15 is 0 Å². The van der Waals surface area contributed by atoms with Gasteiger partial charge in [0.15, 0.2) is 0 Å². The highest BCUT2D eigenvalue weighted by molar-refractivity contribution is 5.99. The first kappa shape index (κ1) is 16.0. The van der Waals surface area contributed by atoms with Crippen molar-refractivity contribution in [2.45, 2.75) is 0 Å². The first-order valence-corrected chi connectivity index (χ1v) is 8.74. The maximum atomic E-state index is 4.37. The Bertz CT molecular complexity index is 977. The Balaban J connectivity index is 1.77. The Morgan fingerprint density at radius 1 is 0.538 bits per heavy atom. The first-order valence-electron chi connectivity index (χ1n) is 8.74. The van der Waals surface area contributed by atoms with Crippen molar-refractivity contribution in [1.29, 1.82) is 0 Å². The van der Waals surface area contributed by atoms with Gasteiger partial charge in [0.25, 0.3) is 0 Å². The minimum absolute atomic E-state index is 0.960. The highest BCUT2D eigenvalue weighted by Crippen LogP contribution is 2.26. The quantitative estimate of drug-likeness (QED) is 0.385. The van der Waals surface area contributed by atoms with Crippen LogP contribution in [0, 0.1) is 0 Å². The van der Waals surface area contributed by atoms with E-state index in [1.807, 2.05) is 30.5 Å². The molecule has 4 aromatic rings. The van der Waals surface area contributed by atoms with E-state index in [-0.39, 0.29) is 0 Å². The molecule has 0 aliphatic rings. The second kappa shape index (κ2) is 7.62. The van der Waals surface area contributed by atoms with E-state index in [1.165, 1.54) is 27.5 Å². The summed E-state index contributed by atoms with van der Waals surface area (Å²) in [7, 11) is 0. The van der Waals surface area contributed by atoms with Gasteiger partial charge in [-0.25, -0.2) is 0 Å². The van der Waals surface area contributed by atoms with E-state index in [1.54, 1.807) is 0 Å². The summed E-state index contributed by atoms with van der Waals surface area (Å²) >= 11 is 0. The maximum Gasteiger partial charge on any atom is 0.0629 e. The maximum absolute atomic E-state index is 4.37. The smallest absolute Gasteiger partial charge is 0.0629 e. The van der Waals surface area contributed by atoms with E-state index in [9.17, 15) is 0 Å². The molecule has 0 amide bonds. The summed E-state index contributed by atoms with van der Waals surface area (Å²) in [5.41, 5.74) is 4.57. The van der Waals surface area contributed by atoms with Crippen molar-refractivity contribution in [2.75, 3.05) is 0 Å². The van der Waals surface area contributed by atoms with Crippen molar-refractivity contribution in [2.24, 2.45) is 0 Å². The third-order valence-corrected chi connectivity index (χ3v) is 4.35. The molecule has 1 heteroatoms. The number of benzene rings is 3. The first-order chi connectivity index (χ1) is 12.9. The highest BCUT2D eigenvalue weighted by atomic mass is 14.6. The second-order valence-electron chi connectivity index (χ2n) is 6.12. The third-order valence-electron chi connectivity index (χ3n) is 4.35. The van der Waals surface area contributed by atoms with Gasteiger partial charge < -0.3 is 0 Å². The number of aromatic nitrogens is 1. The fraction of sp³-hybridized carbons (Fsp3) is 0. The van der Waals surface area contributed by atoms with Crippen LogP contribution in [0.25, 0.3) is 35.1 Å². The molecule has 0 N–H and O–H groups in total. The SMILES string of the molecule is C(=Cc1cccc2cccc(C=Cc3ccccn3)c12)c1ccccc1. The molecule has 1 aromatic heterocycles. The summed E-state index contributed by atoms with van der Waals surface area (Å²) in [5.74, 6) is 0. The molecule has 0 aliphatic heterocycles. The molecular formula is C25H19N. The predicted octanol–water partition coefficient (Wildman–Crippen LogP) is 6.58. The lowest BCUT2D eigenvalue weighted by Crippen LogP contribution is -1.84. The van der Waals surface area contributed by atoms with E-state index in [2.05, 4.69) is 90.0 Å². The summed E-state index contributed by atoms with van der Waals surface area (Å²) in [5, 5.41) is 2.50. The van der Waals surface area contributed by atoms with Gasteiger partial charge in [0.2, 0.25) is 0 Å². The lowest BCUT2D eigenvalue weighted by atomic mass is 9.98.